The summed E-state index contributed by atoms with van der Waals surface area (Å²) in [6.07, 6.45) is 1.67. The molecule has 0 aliphatic rings. The zero-order valence-electron chi connectivity index (χ0n) is 9.93. The molecule has 3 nitrogen and oxygen atoms in total. The van der Waals surface area contributed by atoms with Gasteiger partial charge >= 0.3 is 0 Å². The molecule has 0 saturated carbocycles. The number of halogens is 1. The minimum atomic E-state index is -0.00538. The van der Waals surface area contributed by atoms with Crippen molar-refractivity contribution in [3.05, 3.63) is 17.3 Å². The molecule has 0 bridgehead atoms. The molecular weight excluding hydrogens is 210 g/mol. The van der Waals surface area contributed by atoms with E-state index >= 15 is 0 Å². The van der Waals surface area contributed by atoms with Crippen LogP contribution in [0.5, 0.6) is 0 Å². The van der Waals surface area contributed by atoms with Crippen molar-refractivity contribution in [2.45, 2.75) is 26.3 Å². The second kappa shape index (κ2) is 4.27. The number of nitrogens with one attached hydrogen (secondary N) is 1. The lowest BCUT2D eigenvalue weighted by Crippen LogP contribution is -2.26. The van der Waals surface area contributed by atoms with Gasteiger partial charge in [-0.15, -0.1) is 0 Å². The predicted molar refractivity (Wildman–Crippen MR) is 66.9 cm³/mol. The summed E-state index contributed by atoms with van der Waals surface area (Å²) in [4.78, 5) is 6.17. The van der Waals surface area contributed by atoms with Gasteiger partial charge in [0, 0.05) is 31.9 Å². The minimum absolute atomic E-state index is 0.00538. The quantitative estimate of drug-likeness (QED) is 0.842. The fourth-order valence-electron chi connectivity index (χ4n) is 1.17. The summed E-state index contributed by atoms with van der Waals surface area (Å²) in [5.41, 5.74) is 0.914. The summed E-state index contributed by atoms with van der Waals surface area (Å²) in [7, 11) is 3.91. The molecule has 0 aliphatic carbocycles. The highest BCUT2D eigenvalue weighted by Crippen LogP contribution is 2.26. The van der Waals surface area contributed by atoms with Crippen LogP contribution in [0.1, 0.15) is 20.8 Å². The van der Waals surface area contributed by atoms with Gasteiger partial charge in [-0.1, -0.05) is 11.6 Å². The van der Waals surface area contributed by atoms with E-state index in [0.717, 1.165) is 11.5 Å². The lowest BCUT2D eigenvalue weighted by molar-refractivity contribution is 0.634. The number of hydrogen-bond donors (Lipinski definition) is 1. The first-order valence-electron chi connectivity index (χ1n) is 4.90. The average Bonchev–Trinajstić information content (AvgIpc) is 2.06. The molecule has 4 heteroatoms. The van der Waals surface area contributed by atoms with Crippen LogP contribution in [0.25, 0.3) is 0 Å². The van der Waals surface area contributed by atoms with Gasteiger partial charge < -0.3 is 10.2 Å². The smallest absolute Gasteiger partial charge is 0.130 e. The van der Waals surface area contributed by atoms with Crippen molar-refractivity contribution >= 4 is 23.1 Å². The minimum Gasteiger partial charge on any atom is -0.379 e. The van der Waals surface area contributed by atoms with E-state index in [9.17, 15) is 0 Å². The Morgan fingerprint density at radius 3 is 2.40 bits per heavy atom. The van der Waals surface area contributed by atoms with Crippen molar-refractivity contribution in [2.24, 2.45) is 0 Å². The summed E-state index contributed by atoms with van der Waals surface area (Å²) in [5.74, 6) is 0.895. The lowest BCUT2D eigenvalue weighted by Gasteiger charge is -2.24. The third kappa shape index (κ3) is 3.59. The normalized spacial score (nSPS) is 11.3. The van der Waals surface area contributed by atoms with Crippen molar-refractivity contribution in [2.75, 3.05) is 24.3 Å². The Morgan fingerprint density at radius 1 is 1.33 bits per heavy atom. The Labute approximate surface area is 96.5 Å². The molecule has 84 valence electrons. The molecule has 0 amide bonds. The molecule has 0 saturated heterocycles. The van der Waals surface area contributed by atoms with Crippen molar-refractivity contribution in [3.63, 3.8) is 0 Å². The van der Waals surface area contributed by atoms with Crippen molar-refractivity contribution in [1.82, 2.24) is 4.98 Å². The lowest BCUT2D eigenvalue weighted by atomic mass is 10.1. The first kappa shape index (κ1) is 12.1. The zero-order chi connectivity index (χ0) is 11.6. The SMILES string of the molecule is CN(C)c1cc(NC(C)(C)C)c(Cl)cn1. The van der Waals surface area contributed by atoms with Gasteiger partial charge in [-0.2, -0.15) is 0 Å². The predicted octanol–water partition coefficient (Wildman–Crippen LogP) is 3.01. The number of pyridine rings is 1. The number of rotatable bonds is 2. The zero-order valence-corrected chi connectivity index (χ0v) is 10.7. The Hall–Kier alpha value is -0.960. The molecule has 0 spiro atoms. The Kier molecular flexibility index (Phi) is 3.45. The van der Waals surface area contributed by atoms with Gasteiger partial charge in [-0.05, 0) is 20.8 Å². The molecule has 1 N–H and O–H groups in total. The maximum atomic E-state index is 6.06. The number of nitrogens with zero attached hydrogens (tertiary/aromatic N) is 2. The molecule has 0 atom stereocenters. The van der Waals surface area contributed by atoms with Crippen LogP contribution >= 0.6 is 11.6 Å². The first-order valence-corrected chi connectivity index (χ1v) is 5.28. The van der Waals surface area contributed by atoms with Crippen molar-refractivity contribution in [1.29, 1.82) is 0 Å². The van der Waals surface area contributed by atoms with Crippen LogP contribution < -0.4 is 10.2 Å². The van der Waals surface area contributed by atoms with Crippen LogP contribution in [-0.4, -0.2) is 24.6 Å². The molecule has 0 aromatic carbocycles. The van der Waals surface area contributed by atoms with Gasteiger partial charge in [0.25, 0.3) is 0 Å². The molecule has 1 aromatic rings. The largest absolute Gasteiger partial charge is 0.379 e. The molecule has 1 heterocycles. The molecule has 0 unspecified atom stereocenters. The first-order chi connectivity index (χ1) is 6.79. The van der Waals surface area contributed by atoms with E-state index in [0.29, 0.717) is 5.02 Å². The van der Waals surface area contributed by atoms with Gasteiger partial charge in [0.1, 0.15) is 5.82 Å². The fourth-order valence-corrected chi connectivity index (χ4v) is 1.32. The summed E-state index contributed by atoms with van der Waals surface area (Å²) < 4.78 is 0. The van der Waals surface area contributed by atoms with E-state index in [2.05, 4.69) is 31.1 Å². The van der Waals surface area contributed by atoms with Gasteiger partial charge in [0.15, 0.2) is 0 Å². The summed E-state index contributed by atoms with van der Waals surface area (Å²) in [6, 6.07) is 1.95. The summed E-state index contributed by atoms with van der Waals surface area (Å²) in [6.45, 7) is 6.29. The van der Waals surface area contributed by atoms with Gasteiger partial charge in [0.2, 0.25) is 0 Å². The molecule has 0 aliphatic heterocycles. The second-order valence-electron chi connectivity index (χ2n) is 4.79. The summed E-state index contributed by atoms with van der Waals surface area (Å²) >= 11 is 6.06. The second-order valence-corrected chi connectivity index (χ2v) is 5.20. The monoisotopic (exact) mass is 227 g/mol. The molecule has 1 aromatic heterocycles. The highest BCUT2D eigenvalue weighted by atomic mass is 35.5. The van der Waals surface area contributed by atoms with Gasteiger partial charge in [0.05, 0.1) is 10.7 Å². The molecular formula is C11H18ClN3. The number of aromatic nitrogens is 1. The van der Waals surface area contributed by atoms with E-state index in [1.165, 1.54) is 0 Å². The Balaban J connectivity index is 3.01. The molecule has 15 heavy (non-hydrogen) atoms. The standard InChI is InChI=1S/C11H18ClN3/c1-11(2,3)14-9-6-10(15(4)5)13-7-8(9)12/h6-7H,1-5H3,(H,13,14). The molecule has 1 rings (SSSR count). The van der Waals surface area contributed by atoms with Gasteiger partial charge in [-0.3, -0.25) is 0 Å². The van der Waals surface area contributed by atoms with E-state index in [1.807, 2.05) is 25.1 Å². The fraction of sp³-hybridized carbons (Fsp3) is 0.545. The third-order valence-electron chi connectivity index (χ3n) is 1.81. The van der Waals surface area contributed by atoms with E-state index in [-0.39, 0.29) is 5.54 Å². The summed E-state index contributed by atoms with van der Waals surface area (Å²) in [5, 5.41) is 3.99. The topological polar surface area (TPSA) is 28.2 Å². The Morgan fingerprint density at radius 2 is 1.93 bits per heavy atom. The van der Waals surface area contributed by atoms with Crippen LogP contribution in [0.3, 0.4) is 0 Å². The van der Waals surface area contributed by atoms with Crippen LogP contribution in [-0.2, 0) is 0 Å². The van der Waals surface area contributed by atoms with Crippen LogP contribution in [0.15, 0.2) is 12.3 Å². The molecule has 0 fully saturated rings. The third-order valence-corrected chi connectivity index (χ3v) is 2.11. The highest BCUT2D eigenvalue weighted by Gasteiger charge is 2.12. The highest BCUT2D eigenvalue weighted by molar-refractivity contribution is 6.33. The maximum absolute atomic E-state index is 6.06. The van der Waals surface area contributed by atoms with Gasteiger partial charge in [-0.25, -0.2) is 4.98 Å². The van der Waals surface area contributed by atoms with Crippen molar-refractivity contribution in [3.8, 4) is 0 Å². The van der Waals surface area contributed by atoms with Crippen LogP contribution in [0.4, 0.5) is 11.5 Å². The Bertz CT molecular complexity index is 342. The van der Waals surface area contributed by atoms with Crippen molar-refractivity contribution < 1.29 is 0 Å². The van der Waals surface area contributed by atoms with Crippen LogP contribution in [0, 0.1) is 0 Å². The van der Waals surface area contributed by atoms with E-state index in [4.69, 9.17) is 11.6 Å². The number of anilines is 2. The maximum Gasteiger partial charge on any atom is 0.130 e. The molecule has 0 radical (unpaired) electrons. The average molecular weight is 228 g/mol. The van der Waals surface area contributed by atoms with E-state index in [1.54, 1.807) is 6.20 Å². The number of hydrogen-bond acceptors (Lipinski definition) is 3. The van der Waals surface area contributed by atoms with E-state index < -0.39 is 0 Å². The van der Waals surface area contributed by atoms with Crippen LogP contribution in [0.2, 0.25) is 5.02 Å².